The smallest absolute Gasteiger partial charge is 0.251 e. The van der Waals surface area contributed by atoms with Crippen molar-refractivity contribution in [2.45, 2.75) is 38.7 Å². The van der Waals surface area contributed by atoms with Crippen LogP contribution in [0, 0.1) is 0 Å². The summed E-state index contributed by atoms with van der Waals surface area (Å²) >= 11 is 0. The summed E-state index contributed by atoms with van der Waals surface area (Å²) < 4.78 is 3.22. The average Bonchev–Trinajstić information content (AvgIpc) is 3.50. The van der Waals surface area contributed by atoms with Crippen molar-refractivity contribution in [3.63, 3.8) is 0 Å². The molecule has 1 aliphatic rings. The third-order valence-corrected chi connectivity index (χ3v) is 6.66. The van der Waals surface area contributed by atoms with Gasteiger partial charge in [0.05, 0.1) is 23.1 Å². The first-order valence-electron chi connectivity index (χ1n) is 11.9. The van der Waals surface area contributed by atoms with Gasteiger partial charge in [-0.15, -0.1) is 0 Å². The van der Waals surface area contributed by atoms with Gasteiger partial charge in [0.1, 0.15) is 17.6 Å². The van der Waals surface area contributed by atoms with Crippen LogP contribution in [-0.4, -0.2) is 70.3 Å². The molecule has 36 heavy (non-hydrogen) atoms. The lowest BCUT2D eigenvalue weighted by atomic mass is 9.89. The molecule has 0 radical (unpaired) electrons. The number of hydrogen-bond donors (Lipinski definition) is 2. The lowest BCUT2D eigenvalue weighted by Gasteiger charge is -2.33. The molecule has 4 aromatic rings. The van der Waals surface area contributed by atoms with Crippen LogP contribution in [0.2, 0.25) is 0 Å². The first-order chi connectivity index (χ1) is 17.2. The number of hydrogen-bond acceptors (Lipinski definition) is 8. The normalized spacial score (nSPS) is 15.4. The van der Waals surface area contributed by atoms with Gasteiger partial charge >= 0.3 is 0 Å². The maximum atomic E-state index is 12.6. The fourth-order valence-electron chi connectivity index (χ4n) is 4.79. The van der Waals surface area contributed by atoms with E-state index in [4.69, 9.17) is 10.7 Å². The number of aryl methyl sites for hydroxylation is 1. The summed E-state index contributed by atoms with van der Waals surface area (Å²) in [5.74, 6) is -0.281. The van der Waals surface area contributed by atoms with Crippen LogP contribution in [0.5, 0.6) is 0 Å². The van der Waals surface area contributed by atoms with Crippen LogP contribution in [0.3, 0.4) is 0 Å². The zero-order valence-corrected chi connectivity index (χ0v) is 20.4. The second kappa shape index (κ2) is 9.15. The van der Waals surface area contributed by atoms with Gasteiger partial charge in [0, 0.05) is 49.6 Å². The highest BCUT2D eigenvalue weighted by atomic mass is 16.3. The Morgan fingerprint density at radius 1 is 1.14 bits per heavy atom. The molecule has 5 rings (SSSR count). The van der Waals surface area contributed by atoms with E-state index in [-0.39, 0.29) is 23.4 Å². The van der Waals surface area contributed by atoms with E-state index in [1.807, 2.05) is 31.4 Å². The highest BCUT2D eigenvalue weighted by Crippen LogP contribution is 2.35. The number of nitrogens with two attached hydrogens (primary N) is 1. The number of rotatable bonds is 5. The van der Waals surface area contributed by atoms with Crippen LogP contribution in [0.25, 0.3) is 28.2 Å². The summed E-state index contributed by atoms with van der Waals surface area (Å²) in [6.07, 6.45) is 5.48. The van der Waals surface area contributed by atoms with E-state index >= 15 is 0 Å². The van der Waals surface area contributed by atoms with E-state index in [9.17, 15) is 14.7 Å². The SMILES string of the molecule is CC(=O)c1c(C2CCN(C(=O)[C@@H](C)O)CC2)nc2c(-c3ccc(-c4ccn(C)n4)nc3)cnn2c1N. The molecule has 1 fully saturated rings. The van der Waals surface area contributed by atoms with Crippen molar-refractivity contribution in [2.75, 3.05) is 18.8 Å². The lowest BCUT2D eigenvalue weighted by Crippen LogP contribution is -2.42. The van der Waals surface area contributed by atoms with Crippen LogP contribution in [0.4, 0.5) is 5.82 Å². The Hall–Kier alpha value is -4.12. The Kier molecular flexibility index (Phi) is 6.00. The van der Waals surface area contributed by atoms with Crippen molar-refractivity contribution in [3.8, 4) is 22.5 Å². The van der Waals surface area contributed by atoms with Gasteiger partial charge in [0.25, 0.3) is 5.91 Å². The highest BCUT2D eigenvalue weighted by molar-refractivity contribution is 6.00. The number of Topliss-reactive ketones (excluding diaryl/α,β-unsaturated/α-hetero) is 1. The molecule has 0 bridgehead atoms. The first kappa shape index (κ1) is 23.6. The van der Waals surface area contributed by atoms with E-state index < -0.39 is 6.10 Å². The highest BCUT2D eigenvalue weighted by Gasteiger charge is 2.31. The molecular formula is C25H28N8O3. The van der Waals surface area contributed by atoms with E-state index in [0.717, 1.165) is 22.5 Å². The molecule has 0 spiro atoms. The second-order valence-corrected chi connectivity index (χ2v) is 9.19. The van der Waals surface area contributed by atoms with E-state index in [1.54, 1.807) is 22.0 Å². The number of carbonyl (C=O) groups excluding carboxylic acids is 2. The van der Waals surface area contributed by atoms with Crippen molar-refractivity contribution in [1.29, 1.82) is 0 Å². The molecule has 3 N–H and O–H groups in total. The maximum Gasteiger partial charge on any atom is 0.251 e. The van der Waals surface area contributed by atoms with Gasteiger partial charge in [-0.05, 0) is 38.8 Å². The van der Waals surface area contributed by atoms with Crippen molar-refractivity contribution in [1.82, 2.24) is 34.3 Å². The lowest BCUT2D eigenvalue weighted by molar-refractivity contribution is -0.140. The molecule has 0 aliphatic carbocycles. The number of anilines is 1. The number of nitrogens with zero attached hydrogens (tertiary/aromatic N) is 7. The number of fused-ring (bicyclic) bond motifs is 1. The van der Waals surface area contributed by atoms with Gasteiger partial charge in [0.15, 0.2) is 11.4 Å². The third-order valence-electron chi connectivity index (χ3n) is 6.66. The van der Waals surface area contributed by atoms with Crippen LogP contribution in [0.1, 0.15) is 48.7 Å². The molecule has 1 saturated heterocycles. The van der Waals surface area contributed by atoms with Gasteiger partial charge in [-0.1, -0.05) is 6.07 Å². The van der Waals surface area contributed by atoms with Crippen LogP contribution in [0.15, 0.2) is 36.8 Å². The summed E-state index contributed by atoms with van der Waals surface area (Å²) in [5, 5.41) is 18.4. The van der Waals surface area contributed by atoms with Gasteiger partial charge < -0.3 is 15.7 Å². The van der Waals surface area contributed by atoms with Gasteiger partial charge in [0.2, 0.25) is 0 Å². The number of pyridine rings is 1. The molecule has 0 aromatic carbocycles. The quantitative estimate of drug-likeness (QED) is 0.406. The Morgan fingerprint density at radius 3 is 2.47 bits per heavy atom. The zero-order chi connectivity index (χ0) is 25.6. The Bertz CT molecular complexity index is 1450. The van der Waals surface area contributed by atoms with E-state index in [1.165, 1.54) is 18.4 Å². The maximum absolute atomic E-state index is 12.6. The van der Waals surface area contributed by atoms with Crippen molar-refractivity contribution in [2.24, 2.45) is 7.05 Å². The topological polar surface area (TPSA) is 145 Å². The number of aromatic nitrogens is 6. The number of carbonyl (C=O) groups is 2. The molecule has 1 aliphatic heterocycles. The number of aliphatic hydroxyl groups is 1. The second-order valence-electron chi connectivity index (χ2n) is 9.19. The van der Waals surface area contributed by atoms with Crippen molar-refractivity contribution in [3.05, 3.63) is 48.0 Å². The minimum atomic E-state index is -1.04. The number of aliphatic hydroxyl groups excluding tert-OH is 1. The number of likely N-dealkylation sites (tertiary alicyclic amines) is 1. The van der Waals surface area contributed by atoms with Gasteiger partial charge in [-0.25, -0.2) is 4.98 Å². The Morgan fingerprint density at radius 2 is 1.89 bits per heavy atom. The standard InChI is InChI=1S/C25H28N8O3/c1-14(34)21-22(16-6-10-32(11-7-16)25(36)15(2)35)29-24-18(13-28-33(24)23(21)26)17-4-5-19(27-12-17)20-8-9-31(3)30-20/h4-5,8-9,12-13,15-16,35H,6-7,10-11,26H2,1-3H3/t15-/m1/s1. The Labute approximate surface area is 207 Å². The number of ketones is 1. The predicted molar refractivity (Wildman–Crippen MR) is 133 cm³/mol. The molecule has 186 valence electrons. The van der Waals surface area contributed by atoms with Crippen molar-refractivity contribution < 1.29 is 14.7 Å². The molecule has 1 atom stereocenters. The average molecular weight is 489 g/mol. The van der Waals surface area contributed by atoms with E-state index in [2.05, 4.69) is 15.2 Å². The summed E-state index contributed by atoms with van der Waals surface area (Å²) in [4.78, 5) is 35.9. The fourth-order valence-corrected chi connectivity index (χ4v) is 4.79. The number of piperidine rings is 1. The van der Waals surface area contributed by atoms with Crippen LogP contribution in [-0.2, 0) is 11.8 Å². The zero-order valence-electron chi connectivity index (χ0n) is 20.4. The molecule has 0 saturated carbocycles. The first-order valence-corrected chi connectivity index (χ1v) is 11.9. The fraction of sp³-hybridized carbons (Fsp3) is 0.360. The molecule has 11 heteroatoms. The summed E-state index contributed by atoms with van der Waals surface area (Å²) in [6.45, 7) is 3.89. The summed E-state index contributed by atoms with van der Waals surface area (Å²) in [5.41, 5.74) is 11.1. The monoisotopic (exact) mass is 488 g/mol. The predicted octanol–water partition coefficient (Wildman–Crippen LogP) is 2.06. The van der Waals surface area contributed by atoms with Gasteiger partial charge in [-0.2, -0.15) is 14.7 Å². The summed E-state index contributed by atoms with van der Waals surface area (Å²) in [7, 11) is 1.86. The molecular weight excluding hydrogens is 460 g/mol. The van der Waals surface area contributed by atoms with Crippen molar-refractivity contribution >= 4 is 23.2 Å². The third kappa shape index (κ3) is 4.11. The molecule has 5 heterocycles. The number of amides is 1. The minimum Gasteiger partial charge on any atom is -0.384 e. The summed E-state index contributed by atoms with van der Waals surface area (Å²) in [6, 6.07) is 5.73. The van der Waals surface area contributed by atoms with Crippen LogP contribution >= 0.6 is 0 Å². The van der Waals surface area contributed by atoms with E-state index in [0.29, 0.717) is 42.8 Å². The molecule has 11 nitrogen and oxygen atoms in total. The van der Waals surface area contributed by atoms with Crippen LogP contribution < -0.4 is 5.73 Å². The minimum absolute atomic E-state index is 0.0540. The molecule has 0 unspecified atom stereocenters. The largest absolute Gasteiger partial charge is 0.384 e. The molecule has 1 amide bonds. The number of nitrogen functional groups attached to an aromatic ring is 1. The van der Waals surface area contributed by atoms with Gasteiger partial charge in [-0.3, -0.25) is 19.3 Å². The molecule has 4 aromatic heterocycles. The Balaban J connectivity index is 1.52.